The zero-order valence-electron chi connectivity index (χ0n) is 15.1. The van der Waals surface area contributed by atoms with E-state index in [4.69, 9.17) is 0 Å². The van der Waals surface area contributed by atoms with Crippen molar-refractivity contribution in [2.75, 3.05) is 0 Å². The van der Waals surface area contributed by atoms with E-state index >= 15 is 0 Å². The van der Waals surface area contributed by atoms with Crippen LogP contribution in [0.25, 0.3) is 10.8 Å². The molecule has 0 nitrogen and oxygen atoms in total. The van der Waals surface area contributed by atoms with Gasteiger partial charge < -0.3 is 29.7 Å². The van der Waals surface area contributed by atoms with Crippen LogP contribution in [0.2, 0.25) is 0 Å². The molecule has 0 amide bonds. The van der Waals surface area contributed by atoms with E-state index in [-0.39, 0.29) is 80.7 Å². The van der Waals surface area contributed by atoms with E-state index in [1.54, 1.807) is 0 Å². The van der Waals surface area contributed by atoms with E-state index in [0.29, 0.717) is 0 Å². The van der Waals surface area contributed by atoms with Gasteiger partial charge in [0.15, 0.2) is 0 Å². The molecule has 0 atom stereocenters. The van der Waals surface area contributed by atoms with Crippen molar-refractivity contribution < 1.29 is 26.2 Å². The minimum atomic E-state index is 0. The monoisotopic (exact) mass is 430 g/mol. The van der Waals surface area contributed by atoms with Gasteiger partial charge in [-0.15, -0.1) is 53.8 Å². The molecule has 0 bridgehead atoms. The van der Waals surface area contributed by atoms with Crippen molar-refractivity contribution in [1.29, 1.82) is 0 Å². The van der Waals surface area contributed by atoms with Gasteiger partial charge in [0.25, 0.3) is 0 Å². The summed E-state index contributed by atoms with van der Waals surface area (Å²) in [6.45, 7) is 4.31. The maximum atomic E-state index is 2.24. The van der Waals surface area contributed by atoms with Gasteiger partial charge in [-0.1, -0.05) is 11.1 Å². The molecule has 0 aliphatic carbocycles. The van der Waals surface area contributed by atoms with Crippen molar-refractivity contribution in [1.82, 2.24) is 0 Å². The second kappa shape index (κ2) is 19.7. The van der Waals surface area contributed by atoms with Crippen LogP contribution in [0.5, 0.6) is 0 Å². The van der Waals surface area contributed by atoms with Gasteiger partial charge in [-0.3, -0.25) is 0 Å². The fourth-order valence-corrected chi connectivity index (χ4v) is 1.73. The van der Waals surface area contributed by atoms with Crippen LogP contribution in [-0.2, 0) is 26.2 Å². The summed E-state index contributed by atoms with van der Waals surface area (Å²) in [6, 6.07) is 20.9. The predicted molar refractivity (Wildman–Crippen MR) is 111 cm³/mol. The Balaban J connectivity index is -0.0000000543. The summed E-state index contributed by atoms with van der Waals surface area (Å²) >= 11 is 0. The van der Waals surface area contributed by atoms with Crippen LogP contribution >= 0.6 is 24.8 Å². The van der Waals surface area contributed by atoms with Crippen LogP contribution < -0.4 is 0 Å². The second-order valence-corrected chi connectivity index (χ2v) is 4.05. The molecule has 0 fully saturated rings. The Morgan fingerprint density at radius 3 is 1.65 bits per heavy atom. The normalized spacial score (nSPS) is 6.87. The molecular formula is C20H30Cl2Zr-6. The van der Waals surface area contributed by atoms with Crippen LogP contribution in [0.4, 0.5) is 0 Å². The smallest absolute Gasteiger partial charge is 0 e. The number of hydrogen-bond donors (Lipinski definition) is 0. The molecule has 0 heterocycles. The van der Waals surface area contributed by atoms with E-state index < -0.39 is 0 Å². The minimum absolute atomic E-state index is 0. The van der Waals surface area contributed by atoms with Gasteiger partial charge >= 0.3 is 0 Å². The second-order valence-electron chi connectivity index (χ2n) is 4.05. The Morgan fingerprint density at radius 1 is 0.739 bits per heavy atom. The number of halogens is 2. The van der Waals surface area contributed by atoms with Crippen LogP contribution in [0.3, 0.4) is 0 Å². The molecular weight excluding hydrogens is 402 g/mol. The molecule has 0 saturated heterocycles. The van der Waals surface area contributed by atoms with E-state index in [0.717, 1.165) is 0 Å². The molecule has 0 radical (unpaired) electrons. The number of fused-ring (bicyclic) bond motifs is 1. The molecule has 134 valence electrons. The van der Waals surface area contributed by atoms with E-state index in [9.17, 15) is 0 Å². The van der Waals surface area contributed by atoms with Gasteiger partial charge in [-0.25, -0.2) is 12.1 Å². The van der Waals surface area contributed by atoms with Crippen molar-refractivity contribution in [3.8, 4) is 0 Å². The first kappa shape index (κ1) is 38.3. The van der Waals surface area contributed by atoms with Crippen molar-refractivity contribution in [2.24, 2.45) is 0 Å². The molecule has 0 aliphatic heterocycles. The molecule has 0 N–H and O–H groups in total. The van der Waals surface area contributed by atoms with Crippen molar-refractivity contribution >= 4 is 35.6 Å². The Hall–Kier alpha value is -0.357. The Morgan fingerprint density at radius 2 is 1.22 bits per heavy atom. The van der Waals surface area contributed by atoms with Gasteiger partial charge in [0.2, 0.25) is 0 Å². The maximum absolute atomic E-state index is 2.24. The average Bonchev–Trinajstić information content (AvgIpc) is 2.91. The molecule has 23 heavy (non-hydrogen) atoms. The van der Waals surface area contributed by atoms with Gasteiger partial charge in [-0.05, 0) is 13.8 Å². The van der Waals surface area contributed by atoms with Crippen LogP contribution in [0, 0.1) is 43.6 Å². The van der Waals surface area contributed by atoms with Gasteiger partial charge in [0, 0.05) is 26.2 Å². The van der Waals surface area contributed by atoms with E-state index in [1.807, 2.05) is 30.3 Å². The Bertz CT molecular complexity index is 501. The van der Waals surface area contributed by atoms with E-state index in [2.05, 4.69) is 44.2 Å². The van der Waals surface area contributed by atoms with Crippen LogP contribution in [-0.4, -0.2) is 0 Å². The molecule has 0 spiro atoms. The maximum Gasteiger partial charge on any atom is 0 e. The predicted octanol–water partition coefficient (Wildman–Crippen LogP) is 7.22. The summed E-state index contributed by atoms with van der Waals surface area (Å²) < 4.78 is 0. The SMILES string of the molecule is Cc1cc2cc[cH-]c2cc1C.Cl.Cl.[CH3-].[CH3-].[CH3-].[CH3-].[Zr].c1cc[cH-]c1. The molecule has 0 unspecified atom stereocenters. The Kier molecular flexibility index (Phi) is 32.8. The molecule has 0 saturated carbocycles. The standard InChI is InChI=1S/C11H11.C5H5.4CH3.2ClH.Zr/c1-8-6-10-4-3-5-11(10)7-9(8)2;1-2-4-5-3-1;;;;;;;/h3-7H,1-2H3;1-5H;4*1H3;2*1H;/q6*-1;;;. The zero-order valence-corrected chi connectivity index (χ0v) is 19.2. The van der Waals surface area contributed by atoms with Crippen molar-refractivity contribution in [3.63, 3.8) is 0 Å². The summed E-state index contributed by atoms with van der Waals surface area (Å²) in [5.74, 6) is 0. The molecule has 3 aromatic rings. The summed E-state index contributed by atoms with van der Waals surface area (Å²) in [7, 11) is 0. The van der Waals surface area contributed by atoms with Gasteiger partial charge in [-0.2, -0.15) is 30.3 Å². The third-order valence-corrected chi connectivity index (χ3v) is 2.81. The molecule has 3 heteroatoms. The quantitative estimate of drug-likeness (QED) is 0.329. The molecule has 3 rings (SSSR count). The topological polar surface area (TPSA) is 0 Å². The molecule has 3 aromatic carbocycles. The Labute approximate surface area is 176 Å². The van der Waals surface area contributed by atoms with Crippen LogP contribution in [0.15, 0.2) is 60.7 Å². The molecule has 0 aromatic heterocycles. The zero-order chi connectivity index (χ0) is 11.4. The summed E-state index contributed by atoms with van der Waals surface area (Å²) in [4.78, 5) is 0. The number of hydrogen-bond acceptors (Lipinski definition) is 0. The fraction of sp³-hybridized carbons (Fsp3) is 0.100. The first-order valence-corrected chi connectivity index (χ1v) is 5.57. The minimum Gasteiger partial charge on any atom is -0.358 e. The molecule has 0 aliphatic rings. The largest absolute Gasteiger partial charge is 0.358 e. The number of aryl methyl sites for hydroxylation is 2. The van der Waals surface area contributed by atoms with Crippen LogP contribution in [0.1, 0.15) is 11.1 Å². The number of rotatable bonds is 0. The van der Waals surface area contributed by atoms with Gasteiger partial charge in [0.1, 0.15) is 0 Å². The fourth-order valence-electron chi connectivity index (χ4n) is 1.73. The van der Waals surface area contributed by atoms with Crippen molar-refractivity contribution in [3.05, 3.63) is 101 Å². The van der Waals surface area contributed by atoms with E-state index in [1.165, 1.54) is 21.9 Å². The number of benzene rings is 1. The van der Waals surface area contributed by atoms with Crippen molar-refractivity contribution in [2.45, 2.75) is 13.8 Å². The summed E-state index contributed by atoms with van der Waals surface area (Å²) in [5.41, 5.74) is 2.76. The summed E-state index contributed by atoms with van der Waals surface area (Å²) in [6.07, 6.45) is 0. The summed E-state index contributed by atoms with van der Waals surface area (Å²) in [5, 5.41) is 2.71. The average molecular weight is 433 g/mol. The first-order valence-electron chi connectivity index (χ1n) is 5.57. The van der Waals surface area contributed by atoms with Gasteiger partial charge in [0.05, 0.1) is 0 Å². The third-order valence-electron chi connectivity index (χ3n) is 2.81. The first-order chi connectivity index (χ1) is 7.77. The third kappa shape index (κ3) is 11.8.